The topological polar surface area (TPSA) is 77.1 Å². The summed E-state index contributed by atoms with van der Waals surface area (Å²) in [5.41, 5.74) is 1.67. The molecule has 0 aromatic heterocycles. The van der Waals surface area contributed by atoms with Crippen molar-refractivity contribution in [1.82, 2.24) is 10.2 Å². The highest BCUT2D eigenvalue weighted by atomic mass is 16.6. The molecule has 0 bridgehead atoms. The Kier molecular flexibility index (Phi) is 4.12. The van der Waals surface area contributed by atoms with Gasteiger partial charge in [-0.15, -0.1) is 0 Å². The van der Waals surface area contributed by atoms with E-state index in [1.165, 1.54) is 0 Å². The van der Waals surface area contributed by atoms with Gasteiger partial charge in [0.2, 0.25) is 0 Å². The lowest BCUT2D eigenvalue weighted by atomic mass is 10.1. The van der Waals surface area contributed by atoms with Crippen molar-refractivity contribution in [1.29, 1.82) is 0 Å². The Morgan fingerprint density at radius 1 is 1.17 bits per heavy atom. The molecular weight excluding hydrogens is 372 g/mol. The largest absolute Gasteiger partial charge is 0.497 e. The van der Waals surface area contributed by atoms with E-state index in [9.17, 15) is 9.59 Å². The molecule has 1 saturated heterocycles. The van der Waals surface area contributed by atoms with E-state index in [-0.39, 0.29) is 17.4 Å². The van der Waals surface area contributed by atoms with Gasteiger partial charge in [0, 0.05) is 30.6 Å². The number of methoxy groups -OCH3 is 1. The van der Waals surface area contributed by atoms with E-state index in [1.54, 1.807) is 42.3 Å². The Hall–Kier alpha value is -3.22. The zero-order chi connectivity index (χ0) is 20.0. The van der Waals surface area contributed by atoms with Crippen molar-refractivity contribution in [3.05, 3.63) is 53.6 Å². The highest BCUT2D eigenvalue weighted by molar-refractivity contribution is 5.98. The van der Waals surface area contributed by atoms with Crippen molar-refractivity contribution in [3.63, 3.8) is 0 Å². The normalized spacial score (nSPS) is 23.8. The molecule has 7 heteroatoms. The standard InChI is InChI=1S/C22H22N2O5/c1-27-16-4-6-17(7-5-16)29-21(26)24-11-15-9-22(15,12-24)13-28-18-3-2-14-10-23-20(25)19(14)8-18/h2-8,15H,9-13H2,1H3,(H,23,25). The number of nitrogens with zero attached hydrogens (tertiary/aromatic N) is 1. The van der Waals surface area contributed by atoms with Crippen molar-refractivity contribution >= 4 is 12.0 Å². The molecule has 0 spiro atoms. The summed E-state index contributed by atoms with van der Waals surface area (Å²) >= 11 is 0. The minimum atomic E-state index is -0.337. The van der Waals surface area contributed by atoms with Gasteiger partial charge >= 0.3 is 6.09 Å². The lowest BCUT2D eigenvalue weighted by Crippen LogP contribution is -2.35. The molecule has 5 rings (SSSR count). The molecule has 2 aliphatic heterocycles. The summed E-state index contributed by atoms with van der Waals surface area (Å²) in [6.07, 6.45) is 0.709. The van der Waals surface area contributed by atoms with Gasteiger partial charge in [0.25, 0.3) is 5.91 Å². The number of amides is 2. The molecule has 2 unspecified atom stereocenters. The summed E-state index contributed by atoms with van der Waals surface area (Å²) in [6, 6.07) is 12.6. The van der Waals surface area contributed by atoms with Gasteiger partial charge in [-0.3, -0.25) is 4.79 Å². The first-order valence-corrected chi connectivity index (χ1v) is 9.71. The molecular formula is C22H22N2O5. The van der Waals surface area contributed by atoms with Crippen LogP contribution in [0.3, 0.4) is 0 Å². The molecule has 2 atom stereocenters. The molecule has 3 aliphatic rings. The van der Waals surface area contributed by atoms with Gasteiger partial charge < -0.3 is 24.4 Å². The Labute approximate surface area is 168 Å². The molecule has 2 aromatic rings. The van der Waals surface area contributed by atoms with E-state index in [1.807, 2.05) is 12.1 Å². The quantitative estimate of drug-likeness (QED) is 0.844. The van der Waals surface area contributed by atoms with Crippen LogP contribution >= 0.6 is 0 Å². The van der Waals surface area contributed by atoms with Crippen molar-refractivity contribution in [2.75, 3.05) is 26.8 Å². The van der Waals surface area contributed by atoms with Crippen molar-refractivity contribution in [2.45, 2.75) is 13.0 Å². The molecule has 2 fully saturated rings. The molecule has 7 nitrogen and oxygen atoms in total. The van der Waals surface area contributed by atoms with E-state index in [4.69, 9.17) is 14.2 Å². The zero-order valence-corrected chi connectivity index (χ0v) is 16.1. The Balaban J connectivity index is 1.18. The van der Waals surface area contributed by atoms with Gasteiger partial charge in [-0.1, -0.05) is 6.07 Å². The van der Waals surface area contributed by atoms with E-state index in [2.05, 4.69) is 5.32 Å². The second-order valence-electron chi connectivity index (χ2n) is 7.98. The van der Waals surface area contributed by atoms with Crippen LogP contribution in [0.2, 0.25) is 0 Å². The maximum absolute atomic E-state index is 12.5. The Morgan fingerprint density at radius 2 is 1.93 bits per heavy atom. The van der Waals surface area contributed by atoms with E-state index in [0.29, 0.717) is 55.0 Å². The van der Waals surface area contributed by atoms with E-state index in [0.717, 1.165) is 12.0 Å². The van der Waals surface area contributed by atoms with Crippen LogP contribution in [0.4, 0.5) is 4.79 Å². The number of piperidine rings is 1. The molecule has 1 aliphatic carbocycles. The zero-order valence-electron chi connectivity index (χ0n) is 16.1. The number of fused-ring (bicyclic) bond motifs is 2. The van der Waals surface area contributed by atoms with Crippen LogP contribution in [0.25, 0.3) is 0 Å². The number of hydrogen-bond acceptors (Lipinski definition) is 5. The van der Waals surface area contributed by atoms with Crippen LogP contribution in [-0.4, -0.2) is 43.7 Å². The SMILES string of the molecule is COc1ccc(OC(=O)N2CC3CC3(COc3ccc4c(c3)C(=O)NC4)C2)cc1. The Morgan fingerprint density at radius 3 is 2.72 bits per heavy atom. The number of hydrogen-bond donors (Lipinski definition) is 1. The minimum Gasteiger partial charge on any atom is -0.497 e. The third-order valence-electron chi connectivity index (χ3n) is 6.12. The number of rotatable bonds is 5. The maximum atomic E-state index is 12.5. The van der Waals surface area contributed by atoms with Crippen LogP contribution in [0, 0.1) is 11.3 Å². The number of ether oxygens (including phenoxy) is 3. The van der Waals surface area contributed by atoms with Crippen LogP contribution in [0.1, 0.15) is 22.3 Å². The minimum absolute atomic E-state index is 0.0137. The van der Waals surface area contributed by atoms with Gasteiger partial charge in [0.1, 0.15) is 17.2 Å². The summed E-state index contributed by atoms with van der Waals surface area (Å²) < 4.78 is 16.6. The lowest BCUT2D eigenvalue weighted by Gasteiger charge is -2.21. The summed E-state index contributed by atoms with van der Waals surface area (Å²) in [5.74, 6) is 2.29. The maximum Gasteiger partial charge on any atom is 0.415 e. The summed E-state index contributed by atoms with van der Waals surface area (Å²) in [5, 5.41) is 2.81. The third kappa shape index (κ3) is 3.26. The van der Waals surface area contributed by atoms with Crippen molar-refractivity contribution in [3.8, 4) is 17.2 Å². The second kappa shape index (κ2) is 6.69. The van der Waals surface area contributed by atoms with Gasteiger partial charge in [0.05, 0.1) is 13.7 Å². The second-order valence-corrected chi connectivity index (χ2v) is 7.98. The summed E-state index contributed by atoms with van der Waals surface area (Å²) in [7, 11) is 1.59. The number of carbonyl (C=O) groups excluding carboxylic acids is 2. The lowest BCUT2D eigenvalue weighted by molar-refractivity contribution is 0.0965. The molecule has 2 amide bonds. The first-order chi connectivity index (χ1) is 14.1. The van der Waals surface area contributed by atoms with Crippen LogP contribution in [0.5, 0.6) is 17.2 Å². The number of likely N-dealkylation sites (tertiary alicyclic amines) is 1. The molecule has 0 radical (unpaired) electrons. The van der Waals surface area contributed by atoms with Gasteiger partial charge in [-0.05, 0) is 54.3 Å². The average molecular weight is 394 g/mol. The first kappa shape index (κ1) is 17.8. The van der Waals surface area contributed by atoms with Crippen LogP contribution in [0.15, 0.2) is 42.5 Å². The molecule has 29 heavy (non-hydrogen) atoms. The first-order valence-electron chi connectivity index (χ1n) is 9.71. The summed E-state index contributed by atoms with van der Waals surface area (Å²) in [4.78, 5) is 26.1. The molecule has 1 saturated carbocycles. The van der Waals surface area contributed by atoms with Gasteiger partial charge in [0.15, 0.2) is 0 Å². The monoisotopic (exact) mass is 394 g/mol. The van der Waals surface area contributed by atoms with Gasteiger partial charge in [-0.25, -0.2) is 4.79 Å². The molecule has 1 N–H and O–H groups in total. The predicted molar refractivity (Wildman–Crippen MR) is 104 cm³/mol. The van der Waals surface area contributed by atoms with Crippen LogP contribution < -0.4 is 19.5 Å². The average Bonchev–Trinajstić information content (AvgIpc) is 3.09. The third-order valence-corrected chi connectivity index (χ3v) is 6.12. The highest BCUT2D eigenvalue weighted by Gasteiger charge is 2.61. The number of carbonyl (C=O) groups is 2. The van der Waals surface area contributed by atoms with Crippen molar-refractivity contribution < 1.29 is 23.8 Å². The smallest absolute Gasteiger partial charge is 0.415 e. The van der Waals surface area contributed by atoms with E-state index >= 15 is 0 Å². The fourth-order valence-corrected chi connectivity index (χ4v) is 4.27. The number of benzene rings is 2. The fraction of sp³-hybridized carbons (Fsp3) is 0.364. The molecule has 2 aromatic carbocycles. The molecule has 2 heterocycles. The number of nitrogens with one attached hydrogen (secondary N) is 1. The van der Waals surface area contributed by atoms with Gasteiger partial charge in [-0.2, -0.15) is 0 Å². The van der Waals surface area contributed by atoms with Crippen LogP contribution in [-0.2, 0) is 6.54 Å². The van der Waals surface area contributed by atoms with E-state index < -0.39 is 0 Å². The highest BCUT2D eigenvalue weighted by Crippen LogP contribution is 2.57. The van der Waals surface area contributed by atoms with Crippen molar-refractivity contribution in [2.24, 2.45) is 11.3 Å². The molecule has 150 valence electrons. The fourth-order valence-electron chi connectivity index (χ4n) is 4.27. The summed E-state index contributed by atoms with van der Waals surface area (Å²) in [6.45, 7) is 2.42. The predicted octanol–water partition coefficient (Wildman–Crippen LogP) is 2.84. The Bertz CT molecular complexity index is 974.